The van der Waals surface area contributed by atoms with Crippen molar-refractivity contribution in [3.05, 3.63) is 0 Å². The van der Waals surface area contributed by atoms with E-state index in [2.05, 4.69) is 32.6 Å². The molecule has 0 aromatic carbocycles. The van der Waals surface area contributed by atoms with Crippen LogP contribution in [0.3, 0.4) is 0 Å². The van der Waals surface area contributed by atoms with Gasteiger partial charge < -0.3 is 19.7 Å². The van der Waals surface area contributed by atoms with Crippen LogP contribution in [0.2, 0.25) is 0 Å². The van der Waals surface area contributed by atoms with Crippen LogP contribution in [-0.4, -0.2) is 84.5 Å². The summed E-state index contributed by atoms with van der Waals surface area (Å²) >= 11 is 0. The predicted molar refractivity (Wildman–Crippen MR) is 257 cm³/mol. The first kappa shape index (κ1) is 58.8. The molecule has 0 aliphatic rings. The standard InChI is InChI=1S/C52H105N3O5/c1-5-9-13-17-21-27-37-45-54(46-38-28-22-18-14-10-6-2)59-51(57)41-33-25-31-35-43-53(49-50-56)44-36-32-26-34-42-52(58)60-55(47-39-29-23-19-15-11-7-3)48-40-30-24-20-16-12-8-4/h56H,5-50H2,1-4H3. The minimum Gasteiger partial charge on any atom is -0.395 e. The molecule has 8 nitrogen and oxygen atoms in total. The van der Waals surface area contributed by atoms with Gasteiger partial charge in [0.1, 0.15) is 0 Å². The third-order valence-corrected chi connectivity index (χ3v) is 12.1. The van der Waals surface area contributed by atoms with Gasteiger partial charge in [-0.1, -0.05) is 207 Å². The lowest BCUT2D eigenvalue weighted by Gasteiger charge is -2.22. The number of rotatable bonds is 50. The first-order chi connectivity index (χ1) is 29.5. The Morgan fingerprint density at radius 3 is 0.817 bits per heavy atom. The fraction of sp³-hybridized carbons (Fsp3) is 0.962. The van der Waals surface area contributed by atoms with Crippen molar-refractivity contribution in [3.63, 3.8) is 0 Å². The van der Waals surface area contributed by atoms with E-state index in [1.165, 1.54) is 154 Å². The van der Waals surface area contributed by atoms with Crippen molar-refractivity contribution in [1.82, 2.24) is 15.0 Å². The van der Waals surface area contributed by atoms with E-state index in [0.717, 1.165) is 116 Å². The highest BCUT2D eigenvalue weighted by molar-refractivity contribution is 5.69. The van der Waals surface area contributed by atoms with Crippen LogP contribution < -0.4 is 0 Å². The molecule has 0 radical (unpaired) electrons. The molecule has 0 saturated heterocycles. The molecule has 0 unspecified atom stereocenters. The second-order valence-corrected chi connectivity index (χ2v) is 18.2. The topological polar surface area (TPSA) is 82.6 Å². The van der Waals surface area contributed by atoms with Gasteiger partial charge in [-0.3, -0.25) is 9.59 Å². The predicted octanol–water partition coefficient (Wildman–Crippen LogP) is 14.7. The maximum atomic E-state index is 12.8. The molecule has 0 fully saturated rings. The smallest absolute Gasteiger partial charge is 0.325 e. The molecule has 0 atom stereocenters. The van der Waals surface area contributed by atoms with Crippen molar-refractivity contribution in [1.29, 1.82) is 0 Å². The summed E-state index contributed by atoms with van der Waals surface area (Å²) in [6.07, 6.45) is 44.7. The number of aliphatic hydroxyl groups is 1. The van der Waals surface area contributed by atoms with Crippen molar-refractivity contribution in [2.45, 2.75) is 272 Å². The Bertz CT molecular complexity index is 775. The summed E-state index contributed by atoms with van der Waals surface area (Å²) < 4.78 is 0. The van der Waals surface area contributed by atoms with E-state index in [9.17, 15) is 14.7 Å². The number of aliphatic hydroxyl groups excluding tert-OH is 1. The highest BCUT2D eigenvalue weighted by Gasteiger charge is 2.14. The van der Waals surface area contributed by atoms with Gasteiger partial charge in [-0.25, -0.2) is 0 Å². The summed E-state index contributed by atoms with van der Waals surface area (Å²) in [5, 5.41) is 13.6. The van der Waals surface area contributed by atoms with Crippen molar-refractivity contribution in [3.8, 4) is 0 Å². The quantitative estimate of drug-likeness (QED) is 0.0479. The summed E-state index contributed by atoms with van der Waals surface area (Å²) in [6, 6.07) is 0. The van der Waals surface area contributed by atoms with Crippen LogP contribution in [-0.2, 0) is 19.3 Å². The van der Waals surface area contributed by atoms with Crippen LogP contribution >= 0.6 is 0 Å². The molecule has 0 aliphatic heterocycles. The average Bonchev–Trinajstić information content (AvgIpc) is 3.24. The normalized spacial score (nSPS) is 11.7. The van der Waals surface area contributed by atoms with Gasteiger partial charge in [0, 0.05) is 45.6 Å². The van der Waals surface area contributed by atoms with E-state index in [0.29, 0.717) is 19.4 Å². The highest BCUT2D eigenvalue weighted by atomic mass is 16.7. The van der Waals surface area contributed by atoms with Gasteiger partial charge in [-0.05, 0) is 64.5 Å². The molecule has 0 rings (SSSR count). The van der Waals surface area contributed by atoms with Crippen LogP contribution in [0.25, 0.3) is 0 Å². The second-order valence-electron chi connectivity index (χ2n) is 18.2. The summed E-state index contributed by atoms with van der Waals surface area (Å²) in [5.41, 5.74) is 0. The highest BCUT2D eigenvalue weighted by Crippen LogP contribution is 2.15. The zero-order valence-corrected chi connectivity index (χ0v) is 40.9. The lowest BCUT2D eigenvalue weighted by Crippen LogP contribution is -2.30. The van der Waals surface area contributed by atoms with Crippen molar-refractivity contribution >= 4 is 11.9 Å². The minimum atomic E-state index is -0.0691. The van der Waals surface area contributed by atoms with E-state index < -0.39 is 0 Å². The van der Waals surface area contributed by atoms with Crippen LogP contribution in [0, 0.1) is 0 Å². The number of hydrogen-bond acceptors (Lipinski definition) is 8. The number of nitrogens with zero attached hydrogens (tertiary/aromatic N) is 3. The fourth-order valence-corrected chi connectivity index (χ4v) is 8.16. The summed E-state index contributed by atoms with van der Waals surface area (Å²) in [7, 11) is 0. The van der Waals surface area contributed by atoms with Gasteiger partial charge in [-0.2, -0.15) is 0 Å². The molecule has 0 heterocycles. The minimum absolute atomic E-state index is 0.0691. The van der Waals surface area contributed by atoms with E-state index in [-0.39, 0.29) is 18.5 Å². The third-order valence-electron chi connectivity index (χ3n) is 12.1. The Hall–Kier alpha value is -1.22. The first-order valence-electron chi connectivity index (χ1n) is 26.7. The van der Waals surface area contributed by atoms with E-state index in [1.807, 2.05) is 10.1 Å². The monoisotopic (exact) mass is 852 g/mol. The van der Waals surface area contributed by atoms with Crippen LogP contribution in [0.15, 0.2) is 0 Å². The summed E-state index contributed by atoms with van der Waals surface area (Å²) in [5.74, 6) is -0.138. The molecule has 0 amide bonds. The van der Waals surface area contributed by atoms with Crippen LogP contribution in [0.1, 0.15) is 272 Å². The Morgan fingerprint density at radius 1 is 0.317 bits per heavy atom. The molecule has 0 aromatic rings. The van der Waals surface area contributed by atoms with Crippen LogP contribution in [0.4, 0.5) is 0 Å². The molecule has 0 saturated carbocycles. The zero-order chi connectivity index (χ0) is 43.8. The van der Waals surface area contributed by atoms with Gasteiger partial charge >= 0.3 is 11.9 Å². The second kappa shape index (κ2) is 48.8. The van der Waals surface area contributed by atoms with Gasteiger partial charge in [0.15, 0.2) is 0 Å². The largest absolute Gasteiger partial charge is 0.395 e. The average molecular weight is 852 g/mol. The maximum absolute atomic E-state index is 12.8. The fourth-order valence-electron chi connectivity index (χ4n) is 8.16. The molecule has 0 spiro atoms. The number of unbranched alkanes of at least 4 members (excludes halogenated alkanes) is 30. The number of hydroxylamine groups is 4. The van der Waals surface area contributed by atoms with Gasteiger partial charge in [0.2, 0.25) is 0 Å². The third kappa shape index (κ3) is 43.4. The molecule has 60 heavy (non-hydrogen) atoms. The number of carbonyl (C=O) groups excluding carboxylic acids is 2. The first-order valence-corrected chi connectivity index (χ1v) is 26.7. The molecular formula is C52H105N3O5. The molecule has 1 N–H and O–H groups in total. The Labute approximate surface area is 374 Å². The molecule has 358 valence electrons. The summed E-state index contributed by atoms with van der Waals surface area (Å²) in [4.78, 5) is 39.8. The lowest BCUT2D eigenvalue weighted by atomic mass is 10.1. The summed E-state index contributed by atoms with van der Waals surface area (Å²) in [6.45, 7) is 15.3. The number of hydrogen-bond donors (Lipinski definition) is 1. The van der Waals surface area contributed by atoms with E-state index in [4.69, 9.17) is 9.68 Å². The van der Waals surface area contributed by atoms with E-state index in [1.54, 1.807) is 0 Å². The van der Waals surface area contributed by atoms with Crippen molar-refractivity contribution in [2.75, 3.05) is 52.4 Å². The van der Waals surface area contributed by atoms with Gasteiger partial charge in [0.25, 0.3) is 0 Å². The Morgan fingerprint density at radius 2 is 0.550 bits per heavy atom. The molecule has 8 heteroatoms. The molecule has 0 bridgehead atoms. The Kier molecular flexibility index (Phi) is 47.8. The van der Waals surface area contributed by atoms with Crippen molar-refractivity contribution < 1.29 is 24.4 Å². The molecular weight excluding hydrogens is 747 g/mol. The van der Waals surface area contributed by atoms with Gasteiger partial charge in [0.05, 0.1) is 6.61 Å². The van der Waals surface area contributed by atoms with Gasteiger partial charge in [-0.15, -0.1) is 10.1 Å². The maximum Gasteiger partial charge on any atom is 0.325 e. The van der Waals surface area contributed by atoms with E-state index >= 15 is 0 Å². The lowest BCUT2D eigenvalue weighted by molar-refractivity contribution is -0.192. The molecule has 0 aromatic heterocycles. The molecule has 0 aliphatic carbocycles. The van der Waals surface area contributed by atoms with Crippen molar-refractivity contribution in [2.24, 2.45) is 0 Å². The SMILES string of the molecule is CCCCCCCCCN(CCCCCCCCC)OC(=O)CCCCCCN(CCO)CCCCCCC(=O)ON(CCCCCCCCC)CCCCCCCCC. The zero-order valence-electron chi connectivity index (χ0n) is 40.9. The van der Waals surface area contributed by atoms with Crippen LogP contribution in [0.5, 0.6) is 0 Å². The number of carbonyl (C=O) groups is 2. The Balaban J connectivity index is 4.35.